The highest BCUT2D eigenvalue weighted by atomic mass is 16.1. The van der Waals surface area contributed by atoms with Crippen LogP contribution in [-0.2, 0) is 0 Å². The Morgan fingerprint density at radius 2 is 1.82 bits per heavy atom. The van der Waals surface area contributed by atoms with Crippen LogP contribution in [0.1, 0.15) is 23.2 Å². The summed E-state index contributed by atoms with van der Waals surface area (Å²) in [6.07, 6.45) is 1.87. The van der Waals surface area contributed by atoms with Gasteiger partial charge in [0.2, 0.25) is 0 Å². The minimum atomic E-state index is -0.260. The first-order valence-corrected chi connectivity index (χ1v) is 5.99. The van der Waals surface area contributed by atoms with E-state index in [0.717, 1.165) is 29.2 Å². The van der Waals surface area contributed by atoms with Crippen LogP contribution in [-0.4, -0.2) is 12.3 Å². The van der Waals surface area contributed by atoms with E-state index in [-0.39, 0.29) is 11.2 Å². The minimum absolute atomic E-state index is 0.219. The van der Waals surface area contributed by atoms with Gasteiger partial charge in [-0.15, -0.1) is 0 Å². The summed E-state index contributed by atoms with van der Waals surface area (Å²) in [5, 5.41) is 2.16. The summed E-state index contributed by atoms with van der Waals surface area (Å²) in [6.45, 7) is 0.467. The van der Waals surface area contributed by atoms with Gasteiger partial charge in [0.25, 0.3) is 0 Å². The molecule has 17 heavy (non-hydrogen) atoms. The van der Waals surface area contributed by atoms with E-state index in [9.17, 15) is 4.79 Å². The number of carbonyl (C=O) groups is 1. The fourth-order valence-corrected chi connectivity index (χ4v) is 2.38. The van der Waals surface area contributed by atoms with Crippen LogP contribution in [0.2, 0.25) is 0 Å². The van der Waals surface area contributed by atoms with Gasteiger partial charge in [0.1, 0.15) is 0 Å². The maximum Gasteiger partial charge on any atom is 0.170 e. The average Bonchev–Trinajstić information content (AvgIpc) is 3.18. The fourth-order valence-electron chi connectivity index (χ4n) is 2.38. The second kappa shape index (κ2) is 3.67. The van der Waals surface area contributed by atoms with Crippen molar-refractivity contribution >= 4 is 16.6 Å². The van der Waals surface area contributed by atoms with E-state index in [1.54, 1.807) is 0 Å². The van der Waals surface area contributed by atoms with Crippen molar-refractivity contribution in [1.82, 2.24) is 0 Å². The van der Waals surface area contributed by atoms with Gasteiger partial charge in [0.05, 0.1) is 0 Å². The van der Waals surface area contributed by atoms with E-state index >= 15 is 0 Å². The number of hydrogen-bond acceptors (Lipinski definition) is 2. The van der Waals surface area contributed by atoms with E-state index in [1.807, 2.05) is 42.5 Å². The molecule has 3 rings (SSSR count). The van der Waals surface area contributed by atoms with E-state index in [1.165, 1.54) is 0 Å². The molecule has 1 aliphatic carbocycles. The van der Waals surface area contributed by atoms with Gasteiger partial charge >= 0.3 is 0 Å². The average molecular weight is 225 g/mol. The lowest BCUT2D eigenvalue weighted by molar-refractivity contribution is 0.0907. The molecule has 1 aliphatic rings. The molecule has 0 heterocycles. The summed E-state index contributed by atoms with van der Waals surface area (Å²) in [6, 6.07) is 13.9. The maximum absolute atomic E-state index is 12.5. The van der Waals surface area contributed by atoms with Crippen molar-refractivity contribution in [2.45, 2.75) is 12.8 Å². The second-order valence-corrected chi connectivity index (χ2v) is 4.84. The number of hydrogen-bond donors (Lipinski definition) is 1. The summed E-state index contributed by atoms with van der Waals surface area (Å²) < 4.78 is 0. The zero-order valence-electron chi connectivity index (χ0n) is 9.65. The van der Waals surface area contributed by atoms with Crippen LogP contribution >= 0.6 is 0 Å². The Hall–Kier alpha value is -1.67. The smallest absolute Gasteiger partial charge is 0.170 e. The number of carbonyl (C=O) groups excluding carboxylic acids is 1. The highest BCUT2D eigenvalue weighted by molar-refractivity contribution is 6.11. The Balaban J connectivity index is 2.15. The first kappa shape index (κ1) is 10.5. The van der Waals surface area contributed by atoms with Crippen LogP contribution < -0.4 is 5.73 Å². The first-order valence-electron chi connectivity index (χ1n) is 5.99. The Kier molecular flexibility index (Phi) is 2.26. The van der Waals surface area contributed by atoms with Crippen LogP contribution in [0.4, 0.5) is 0 Å². The molecule has 86 valence electrons. The molecule has 0 amide bonds. The molecule has 0 spiro atoms. The summed E-state index contributed by atoms with van der Waals surface area (Å²) >= 11 is 0. The molecular formula is C15H15NO. The molecule has 0 saturated heterocycles. The van der Waals surface area contributed by atoms with Crippen molar-refractivity contribution < 1.29 is 4.79 Å². The van der Waals surface area contributed by atoms with Crippen LogP contribution in [0.15, 0.2) is 42.5 Å². The van der Waals surface area contributed by atoms with Gasteiger partial charge in [-0.25, -0.2) is 0 Å². The molecule has 2 aromatic rings. The predicted octanol–water partition coefficient (Wildman–Crippen LogP) is 2.76. The Bertz CT molecular complexity index is 579. The van der Waals surface area contributed by atoms with Gasteiger partial charge < -0.3 is 5.73 Å². The van der Waals surface area contributed by atoms with Crippen molar-refractivity contribution in [1.29, 1.82) is 0 Å². The molecule has 1 saturated carbocycles. The molecule has 2 nitrogen and oxygen atoms in total. The van der Waals surface area contributed by atoms with Crippen molar-refractivity contribution in [2.75, 3.05) is 6.54 Å². The largest absolute Gasteiger partial charge is 0.329 e. The molecule has 0 radical (unpaired) electrons. The van der Waals surface area contributed by atoms with Gasteiger partial charge in [0.15, 0.2) is 5.78 Å². The number of ketones is 1. The van der Waals surface area contributed by atoms with Crippen LogP contribution in [0.5, 0.6) is 0 Å². The van der Waals surface area contributed by atoms with E-state index in [2.05, 4.69) is 0 Å². The molecule has 2 aromatic carbocycles. The van der Waals surface area contributed by atoms with Gasteiger partial charge in [0, 0.05) is 17.5 Å². The zero-order chi connectivity index (χ0) is 11.9. The molecule has 2 N–H and O–H groups in total. The van der Waals surface area contributed by atoms with Crippen molar-refractivity contribution in [2.24, 2.45) is 11.1 Å². The topological polar surface area (TPSA) is 43.1 Å². The summed E-state index contributed by atoms with van der Waals surface area (Å²) in [7, 11) is 0. The number of benzene rings is 2. The van der Waals surface area contributed by atoms with Crippen LogP contribution in [0.25, 0.3) is 10.8 Å². The second-order valence-electron chi connectivity index (χ2n) is 4.84. The zero-order valence-corrected chi connectivity index (χ0v) is 9.65. The minimum Gasteiger partial charge on any atom is -0.329 e. The number of rotatable bonds is 3. The quantitative estimate of drug-likeness (QED) is 0.816. The first-order chi connectivity index (χ1) is 8.27. The third-order valence-electron chi connectivity index (χ3n) is 3.76. The van der Waals surface area contributed by atoms with E-state index in [0.29, 0.717) is 6.54 Å². The Labute approximate surface area is 100 Å². The lowest BCUT2D eigenvalue weighted by Gasteiger charge is -2.12. The molecule has 1 fully saturated rings. The van der Waals surface area contributed by atoms with Crippen molar-refractivity contribution in [3.8, 4) is 0 Å². The SMILES string of the molecule is NCC1(C(=O)c2cccc3ccccc23)CC1. The molecule has 0 aromatic heterocycles. The lowest BCUT2D eigenvalue weighted by atomic mass is 9.91. The van der Waals surface area contributed by atoms with Gasteiger partial charge in [-0.1, -0.05) is 42.5 Å². The number of fused-ring (bicyclic) bond motifs is 1. The number of nitrogens with two attached hydrogens (primary N) is 1. The lowest BCUT2D eigenvalue weighted by Crippen LogP contribution is -2.25. The monoisotopic (exact) mass is 225 g/mol. The Morgan fingerprint density at radius 3 is 2.53 bits per heavy atom. The summed E-state index contributed by atoms with van der Waals surface area (Å²) in [4.78, 5) is 12.5. The fraction of sp³-hybridized carbons (Fsp3) is 0.267. The van der Waals surface area contributed by atoms with Gasteiger partial charge in [-0.05, 0) is 23.6 Å². The van der Waals surface area contributed by atoms with Gasteiger partial charge in [-0.2, -0.15) is 0 Å². The molecular weight excluding hydrogens is 210 g/mol. The molecule has 0 atom stereocenters. The maximum atomic E-state index is 12.5. The highest BCUT2D eigenvalue weighted by Gasteiger charge is 2.48. The van der Waals surface area contributed by atoms with E-state index < -0.39 is 0 Å². The summed E-state index contributed by atoms with van der Waals surface area (Å²) in [5.41, 5.74) is 6.30. The summed E-state index contributed by atoms with van der Waals surface area (Å²) in [5.74, 6) is 0.219. The van der Waals surface area contributed by atoms with Crippen LogP contribution in [0.3, 0.4) is 0 Å². The predicted molar refractivity (Wildman–Crippen MR) is 69.0 cm³/mol. The third-order valence-corrected chi connectivity index (χ3v) is 3.76. The van der Waals surface area contributed by atoms with Gasteiger partial charge in [-0.3, -0.25) is 4.79 Å². The highest BCUT2D eigenvalue weighted by Crippen LogP contribution is 2.47. The third kappa shape index (κ3) is 1.56. The van der Waals surface area contributed by atoms with Crippen molar-refractivity contribution in [3.05, 3.63) is 48.0 Å². The van der Waals surface area contributed by atoms with Crippen molar-refractivity contribution in [3.63, 3.8) is 0 Å². The molecule has 2 heteroatoms. The molecule has 0 unspecified atom stereocenters. The number of Topliss-reactive ketones (excluding diaryl/α,β-unsaturated/α-hetero) is 1. The Morgan fingerprint density at radius 1 is 1.12 bits per heavy atom. The standard InChI is InChI=1S/C15H15NO/c16-10-15(8-9-15)14(17)13-7-3-5-11-4-1-2-6-12(11)13/h1-7H,8-10,16H2. The normalized spacial score (nSPS) is 17.0. The molecule has 0 bridgehead atoms. The van der Waals surface area contributed by atoms with E-state index in [4.69, 9.17) is 5.73 Å². The molecule has 0 aliphatic heterocycles. The van der Waals surface area contributed by atoms with Crippen LogP contribution in [0, 0.1) is 5.41 Å².